The van der Waals surface area contributed by atoms with Crippen LogP contribution in [0.1, 0.15) is 26.6 Å². The van der Waals surface area contributed by atoms with Crippen LogP contribution >= 0.6 is 0 Å². The van der Waals surface area contributed by atoms with Gasteiger partial charge < -0.3 is 4.42 Å². The molecular weight excluding hydrogens is 238 g/mol. The number of quaternary nitrogens is 1. The molecule has 2 N–H and O–H groups in total. The molecule has 0 atom stereocenters. The van der Waals surface area contributed by atoms with Gasteiger partial charge in [0.1, 0.15) is 16.9 Å². The smallest absolute Gasteiger partial charge is 0.272 e. The summed E-state index contributed by atoms with van der Waals surface area (Å²) in [6.07, 6.45) is 0.828. The first kappa shape index (κ1) is 12.1. The molecule has 3 aromatic rings. The number of aromatic nitrogens is 2. The van der Waals surface area contributed by atoms with E-state index in [0.29, 0.717) is 6.04 Å². The molecule has 0 spiro atoms. The van der Waals surface area contributed by atoms with E-state index in [-0.39, 0.29) is 0 Å². The highest BCUT2D eigenvalue weighted by Crippen LogP contribution is 2.29. The number of benzene rings is 1. The SMILES string of the molecule is CCc1nc([NH2+]C(C)C)c2oc3ccccc3c2n1. The van der Waals surface area contributed by atoms with Crippen molar-refractivity contribution in [1.82, 2.24) is 9.97 Å². The predicted octanol–water partition coefficient (Wildman–Crippen LogP) is 2.54. The molecule has 0 aliphatic heterocycles. The third-order valence-corrected chi connectivity index (χ3v) is 3.10. The molecule has 98 valence electrons. The summed E-state index contributed by atoms with van der Waals surface area (Å²) in [6.45, 7) is 6.35. The summed E-state index contributed by atoms with van der Waals surface area (Å²) in [5, 5.41) is 3.19. The molecule has 2 heterocycles. The van der Waals surface area contributed by atoms with Gasteiger partial charge in [0.05, 0.1) is 6.04 Å². The Kier molecular flexibility index (Phi) is 2.95. The van der Waals surface area contributed by atoms with Crippen LogP contribution in [-0.4, -0.2) is 16.0 Å². The molecule has 1 aromatic carbocycles. The highest BCUT2D eigenvalue weighted by Gasteiger charge is 2.18. The Morgan fingerprint density at radius 1 is 1.21 bits per heavy atom. The number of furan rings is 1. The van der Waals surface area contributed by atoms with Crippen LogP contribution in [0.2, 0.25) is 0 Å². The van der Waals surface area contributed by atoms with Crippen molar-refractivity contribution in [3.05, 3.63) is 30.1 Å². The van der Waals surface area contributed by atoms with Crippen LogP contribution in [0.4, 0.5) is 5.82 Å². The van der Waals surface area contributed by atoms with E-state index in [1.165, 1.54) is 0 Å². The molecule has 4 heteroatoms. The molecule has 2 aromatic heterocycles. The van der Waals surface area contributed by atoms with Gasteiger partial charge >= 0.3 is 0 Å². The summed E-state index contributed by atoms with van der Waals surface area (Å²) in [7, 11) is 0. The molecule has 4 nitrogen and oxygen atoms in total. The second kappa shape index (κ2) is 4.63. The van der Waals surface area contributed by atoms with Gasteiger partial charge in [-0.3, -0.25) is 5.32 Å². The largest absolute Gasteiger partial charge is 0.446 e. The van der Waals surface area contributed by atoms with Gasteiger partial charge in [-0.15, -0.1) is 0 Å². The first-order chi connectivity index (χ1) is 9.19. The molecule has 0 aliphatic carbocycles. The third-order valence-electron chi connectivity index (χ3n) is 3.10. The molecule has 0 unspecified atom stereocenters. The molecule has 0 aliphatic rings. The lowest BCUT2D eigenvalue weighted by atomic mass is 10.2. The summed E-state index contributed by atoms with van der Waals surface area (Å²) < 4.78 is 5.93. The van der Waals surface area contributed by atoms with E-state index in [4.69, 9.17) is 4.42 Å². The van der Waals surface area contributed by atoms with Gasteiger partial charge in [-0.2, -0.15) is 4.98 Å². The van der Waals surface area contributed by atoms with Crippen molar-refractivity contribution in [2.75, 3.05) is 0 Å². The fourth-order valence-electron chi connectivity index (χ4n) is 2.25. The lowest BCUT2D eigenvalue weighted by Gasteiger charge is -2.04. The Hall–Kier alpha value is -1.94. The minimum Gasteiger partial charge on any atom is -0.446 e. The van der Waals surface area contributed by atoms with Gasteiger partial charge in [0.25, 0.3) is 5.82 Å². The fourth-order valence-corrected chi connectivity index (χ4v) is 2.25. The highest BCUT2D eigenvalue weighted by atomic mass is 16.3. The monoisotopic (exact) mass is 256 g/mol. The van der Waals surface area contributed by atoms with Gasteiger partial charge in [-0.25, -0.2) is 4.98 Å². The van der Waals surface area contributed by atoms with E-state index in [1.54, 1.807) is 0 Å². The first-order valence-electron chi connectivity index (χ1n) is 6.72. The van der Waals surface area contributed by atoms with Gasteiger partial charge in [-0.1, -0.05) is 19.1 Å². The standard InChI is InChI=1S/C15H17N3O/c1-4-12-17-13-10-7-5-6-8-11(10)19-14(13)15(18-12)16-9(2)3/h5-9H,4H2,1-3H3,(H,16,17,18)/p+1. The number of hydrogen-bond donors (Lipinski definition) is 1. The van der Waals surface area contributed by atoms with Crippen LogP contribution in [0.25, 0.3) is 22.1 Å². The summed E-state index contributed by atoms with van der Waals surface area (Å²) in [6, 6.07) is 8.44. The van der Waals surface area contributed by atoms with Crippen LogP contribution in [0.3, 0.4) is 0 Å². The van der Waals surface area contributed by atoms with Crippen LogP contribution in [0.5, 0.6) is 0 Å². The van der Waals surface area contributed by atoms with Crippen molar-refractivity contribution in [1.29, 1.82) is 0 Å². The Morgan fingerprint density at radius 3 is 2.74 bits per heavy atom. The third kappa shape index (κ3) is 2.08. The minimum absolute atomic E-state index is 0.427. The second-order valence-electron chi connectivity index (χ2n) is 5.07. The Morgan fingerprint density at radius 2 is 2.00 bits per heavy atom. The van der Waals surface area contributed by atoms with Crippen LogP contribution in [0.15, 0.2) is 28.7 Å². The topological polar surface area (TPSA) is 55.5 Å². The number of hydrogen-bond acceptors (Lipinski definition) is 3. The number of para-hydroxylation sites is 1. The van der Waals surface area contributed by atoms with Gasteiger partial charge in [0, 0.05) is 11.8 Å². The quantitative estimate of drug-likeness (QED) is 0.783. The molecule has 0 bridgehead atoms. The van der Waals surface area contributed by atoms with Gasteiger partial charge in [-0.05, 0) is 26.0 Å². The molecule has 0 amide bonds. The zero-order valence-corrected chi connectivity index (χ0v) is 11.5. The van der Waals surface area contributed by atoms with Gasteiger partial charge in [0.2, 0.25) is 5.58 Å². The normalized spacial score (nSPS) is 11.8. The zero-order chi connectivity index (χ0) is 13.4. The molecular formula is C15H18N3O+. The lowest BCUT2D eigenvalue weighted by molar-refractivity contribution is -0.605. The molecule has 19 heavy (non-hydrogen) atoms. The lowest BCUT2D eigenvalue weighted by Crippen LogP contribution is -2.83. The summed E-state index contributed by atoms with van der Waals surface area (Å²) in [4.78, 5) is 9.22. The molecule has 0 saturated carbocycles. The van der Waals surface area contributed by atoms with E-state index < -0.39 is 0 Å². The van der Waals surface area contributed by atoms with E-state index in [2.05, 4.69) is 36.1 Å². The number of fused-ring (bicyclic) bond motifs is 3. The Bertz CT molecular complexity index is 731. The Balaban J connectivity index is 2.34. The maximum atomic E-state index is 5.93. The van der Waals surface area contributed by atoms with Crippen molar-refractivity contribution in [2.45, 2.75) is 33.2 Å². The van der Waals surface area contributed by atoms with E-state index in [0.717, 1.165) is 40.1 Å². The maximum absolute atomic E-state index is 5.93. The molecule has 0 saturated heterocycles. The first-order valence-corrected chi connectivity index (χ1v) is 6.72. The average molecular weight is 256 g/mol. The summed E-state index contributed by atoms with van der Waals surface area (Å²) in [5.41, 5.74) is 2.60. The predicted molar refractivity (Wildman–Crippen MR) is 75.4 cm³/mol. The zero-order valence-electron chi connectivity index (χ0n) is 11.5. The van der Waals surface area contributed by atoms with Crippen molar-refractivity contribution >= 4 is 27.9 Å². The molecule has 3 rings (SSSR count). The second-order valence-corrected chi connectivity index (χ2v) is 5.07. The number of aryl methyl sites for hydroxylation is 1. The number of rotatable bonds is 3. The Labute approximate surface area is 111 Å². The number of nitrogens with two attached hydrogens (primary N) is 1. The van der Waals surface area contributed by atoms with E-state index in [9.17, 15) is 0 Å². The average Bonchev–Trinajstić information content (AvgIpc) is 2.77. The van der Waals surface area contributed by atoms with Crippen molar-refractivity contribution in [3.8, 4) is 0 Å². The molecule has 0 fully saturated rings. The van der Waals surface area contributed by atoms with E-state index in [1.807, 2.05) is 24.3 Å². The highest BCUT2D eigenvalue weighted by molar-refractivity contribution is 6.04. The van der Waals surface area contributed by atoms with Crippen molar-refractivity contribution in [3.63, 3.8) is 0 Å². The fraction of sp³-hybridized carbons (Fsp3) is 0.333. The summed E-state index contributed by atoms with van der Waals surface area (Å²) in [5.74, 6) is 1.78. The van der Waals surface area contributed by atoms with Crippen LogP contribution in [-0.2, 0) is 6.42 Å². The summed E-state index contributed by atoms with van der Waals surface area (Å²) >= 11 is 0. The molecule has 0 radical (unpaired) electrons. The van der Waals surface area contributed by atoms with Gasteiger partial charge in [0.15, 0.2) is 0 Å². The van der Waals surface area contributed by atoms with E-state index >= 15 is 0 Å². The van der Waals surface area contributed by atoms with Crippen LogP contribution in [0, 0.1) is 0 Å². The number of nitrogens with zero attached hydrogens (tertiary/aromatic N) is 2. The maximum Gasteiger partial charge on any atom is 0.272 e. The van der Waals surface area contributed by atoms with Crippen LogP contribution < -0.4 is 5.32 Å². The van der Waals surface area contributed by atoms with Crippen molar-refractivity contribution < 1.29 is 9.73 Å². The van der Waals surface area contributed by atoms with Crippen molar-refractivity contribution in [2.24, 2.45) is 0 Å². The minimum atomic E-state index is 0.427.